The van der Waals surface area contributed by atoms with E-state index in [9.17, 15) is 9.18 Å². The third kappa shape index (κ3) is 3.58. The van der Waals surface area contributed by atoms with Gasteiger partial charge in [0.05, 0.1) is 28.5 Å². The zero-order valence-electron chi connectivity index (χ0n) is 13.9. The number of halogens is 2. The van der Waals surface area contributed by atoms with Gasteiger partial charge in [-0.15, -0.1) is 11.3 Å². The van der Waals surface area contributed by atoms with Crippen LogP contribution >= 0.6 is 22.9 Å². The molecule has 134 valence electrons. The predicted octanol–water partition coefficient (Wildman–Crippen LogP) is 4.86. The van der Waals surface area contributed by atoms with Crippen molar-refractivity contribution in [3.05, 3.63) is 58.3 Å². The second-order valence-electron chi connectivity index (χ2n) is 6.32. The van der Waals surface area contributed by atoms with Crippen molar-refractivity contribution >= 4 is 44.7 Å². The van der Waals surface area contributed by atoms with Crippen LogP contribution in [0.4, 0.5) is 10.1 Å². The van der Waals surface area contributed by atoms with Crippen molar-refractivity contribution < 1.29 is 9.18 Å². The summed E-state index contributed by atoms with van der Waals surface area (Å²) in [4.78, 5) is 19.2. The fraction of sp³-hybridized carbons (Fsp3) is 0.263. The normalized spacial score (nSPS) is 17.7. The number of nitrogens with one attached hydrogen (secondary N) is 1. The highest BCUT2D eigenvalue weighted by atomic mass is 35.5. The van der Waals surface area contributed by atoms with Gasteiger partial charge in [-0.25, -0.2) is 9.37 Å². The van der Waals surface area contributed by atoms with E-state index < -0.39 is 5.82 Å². The Hall–Kier alpha value is -2.02. The molecule has 26 heavy (non-hydrogen) atoms. The van der Waals surface area contributed by atoms with Crippen LogP contribution in [0, 0.1) is 5.82 Å². The molecule has 7 heteroatoms. The second kappa shape index (κ2) is 7.31. The summed E-state index contributed by atoms with van der Waals surface area (Å²) >= 11 is 7.42. The number of anilines is 1. The number of carbonyl (C=O) groups excluding carboxylic acids is 1. The summed E-state index contributed by atoms with van der Waals surface area (Å²) in [7, 11) is 0. The molecule has 2 heterocycles. The summed E-state index contributed by atoms with van der Waals surface area (Å²) < 4.78 is 15.0. The van der Waals surface area contributed by atoms with Crippen LogP contribution in [0.15, 0.2) is 42.5 Å². The molecule has 0 bridgehead atoms. The Morgan fingerprint density at radius 1 is 1.35 bits per heavy atom. The average molecular weight is 390 g/mol. The van der Waals surface area contributed by atoms with E-state index in [1.165, 1.54) is 12.1 Å². The molecule has 1 aliphatic rings. The van der Waals surface area contributed by atoms with Crippen LogP contribution in [0.25, 0.3) is 10.2 Å². The molecule has 0 spiro atoms. The van der Waals surface area contributed by atoms with Gasteiger partial charge in [0.25, 0.3) is 0 Å². The minimum atomic E-state index is -0.532. The third-order valence-corrected chi connectivity index (χ3v) is 5.88. The lowest BCUT2D eigenvalue weighted by atomic mass is 10.2. The first-order chi connectivity index (χ1) is 12.6. The first-order valence-corrected chi connectivity index (χ1v) is 9.64. The van der Waals surface area contributed by atoms with Gasteiger partial charge in [-0.3, -0.25) is 9.69 Å². The van der Waals surface area contributed by atoms with E-state index in [0.29, 0.717) is 5.02 Å². The van der Waals surface area contributed by atoms with E-state index in [4.69, 9.17) is 16.6 Å². The highest BCUT2D eigenvalue weighted by Gasteiger charge is 2.30. The number of amides is 1. The molecule has 1 aromatic heterocycles. The van der Waals surface area contributed by atoms with E-state index >= 15 is 0 Å². The van der Waals surface area contributed by atoms with Crippen molar-refractivity contribution in [1.82, 2.24) is 9.88 Å². The largest absolute Gasteiger partial charge is 0.322 e. The Balaban J connectivity index is 1.47. The lowest BCUT2D eigenvalue weighted by Crippen LogP contribution is -2.33. The van der Waals surface area contributed by atoms with Crippen LogP contribution in [0.2, 0.25) is 5.02 Å². The van der Waals surface area contributed by atoms with Gasteiger partial charge in [0.15, 0.2) is 0 Å². The molecule has 3 aromatic rings. The Morgan fingerprint density at radius 2 is 2.19 bits per heavy atom. The first kappa shape index (κ1) is 17.4. The maximum absolute atomic E-state index is 13.9. The molecular weight excluding hydrogens is 373 g/mol. The molecule has 1 atom stereocenters. The molecule has 0 radical (unpaired) electrons. The number of nitrogens with zero attached hydrogens (tertiary/aromatic N) is 2. The van der Waals surface area contributed by atoms with Crippen LogP contribution < -0.4 is 5.32 Å². The summed E-state index contributed by atoms with van der Waals surface area (Å²) in [6.07, 6.45) is 1.99. The van der Waals surface area contributed by atoms with E-state index in [1.54, 1.807) is 17.4 Å². The molecule has 1 fully saturated rings. The lowest BCUT2D eigenvalue weighted by molar-refractivity contribution is -0.117. The zero-order valence-corrected chi connectivity index (χ0v) is 15.5. The Kier molecular flexibility index (Phi) is 4.89. The number of aromatic nitrogens is 1. The molecule has 2 aromatic carbocycles. The molecule has 0 aliphatic carbocycles. The van der Waals surface area contributed by atoms with E-state index in [0.717, 1.165) is 34.6 Å². The number of fused-ring (bicyclic) bond motifs is 1. The number of rotatable bonds is 4. The number of hydrogen-bond acceptors (Lipinski definition) is 4. The summed E-state index contributed by atoms with van der Waals surface area (Å²) in [5.74, 6) is -0.769. The standard InChI is InChI=1S/C19H17ClFN3OS/c20-12-7-8-14(13(21)10-12)22-18(25)11-24-9-3-5-16(24)19-23-15-4-1-2-6-17(15)26-19/h1-2,4,6-8,10,16H,3,5,9,11H2,(H,22,25)/t16-/m1/s1. The quantitative estimate of drug-likeness (QED) is 0.692. The molecule has 1 N–H and O–H groups in total. The fourth-order valence-corrected chi connectivity index (χ4v) is 4.59. The minimum Gasteiger partial charge on any atom is -0.322 e. The van der Waals surface area contributed by atoms with Crippen LogP contribution in [-0.4, -0.2) is 28.9 Å². The first-order valence-electron chi connectivity index (χ1n) is 8.44. The number of benzene rings is 2. The monoisotopic (exact) mass is 389 g/mol. The van der Waals surface area contributed by atoms with Crippen molar-refractivity contribution in [3.63, 3.8) is 0 Å². The Morgan fingerprint density at radius 3 is 3.00 bits per heavy atom. The van der Waals surface area contributed by atoms with Gasteiger partial charge in [0.2, 0.25) is 5.91 Å². The minimum absolute atomic E-state index is 0.133. The highest BCUT2D eigenvalue weighted by molar-refractivity contribution is 7.18. The molecule has 0 unspecified atom stereocenters. The van der Waals surface area contributed by atoms with Crippen molar-refractivity contribution in [3.8, 4) is 0 Å². The highest BCUT2D eigenvalue weighted by Crippen LogP contribution is 2.36. The van der Waals surface area contributed by atoms with Gasteiger partial charge in [-0.05, 0) is 49.7 Å². The second-order valence-corrected chi connectivity index (χ2v) is 7.82. The predicted molar refractivity (Wildman–Crippen MR) is 103 cm³/mol. The third-order valence-electron chi connectivity index (χ3n) is 4.51. The van der Waals surface area contributed by atoms with Gasteiger partial charge in [0, 0.05) is 5.02 Å². The topological polar surface area (TPSA) is 45.2 Å². The average Bonchev–Trinajstić information content (AvgIpc) is 3.23. The Labute approximate surface area is 159 Å². The van der Waals surface area contributed by atoms with Crippen LogP contribution in [0.3, 0.4) is 0 Å². The van der Waals surface area contributed by atoms with Crippen molar-refractivity contribution in [2.75, 3.05) is 18.4 Å². The van der Waals surface area contributed by atoms with Crippen molar-refractivity contribution in [1.29, 1.82) is 0 Å². The summed E-state index contributed by atoms with van der Waals surface area (Å²) in [5.41, 5.74) is 1.14. The number of para-hydroxylation sites is 1. The summed E-state index contributed by atoms with van der Waals surface area (Å²) in [6, 6.07) is 12.4. The summed E-state index contributed by atoms with van der Waals surface area (Å²) in [5, 5.41) is 3.97. The number of likely N-dealkylation sites (tertiary alicyclic amines) is 1. The lowest BCUT2D eigenvalue weighted by Gasteiger charge is -2.22. The fourth-order valence-electron chi connectivity index (χ4n) is 3.29. The molecule has 1 aliphatic heterocycles. The van der Waals surface area contributed by atoms with Gasteiger partial charge in [-0.2, -0.15) is 0 Å². The van der Waals surface area contributed by atoms with Crippen LogP contribution in [-0.2, 0) is 4.79 Å². The Bertz CT molecular complexity index is 928. The van der Waals surface area contributed by atoms with Gasteiger partial charge >= 0.3 is 0 Å². The SMILES string of the molecule is O=C(CN1CCC[C@@H]1c1nc2ccccc2s1)Nc1ccc(Cl)cc1F. The molecule has 4 rings (SSSR count). The van der Waals surface area contributed by atoms with E-state index in [1.807, 2.05) is 18.2 Å². The molecule has 1 amide bonds. The van der Waals surface area contributed by atoms with Gasteiger partial charge in [-0.1, -0.05) is 23.7 Å². The molecule has 1 saturated heterocycles. The molecular formula is C19H17ClFN3OS. The van der Waals surface area contributed by atoms with E-state index in [2.05, 4.69) is 16.3 Å². The zero-order chi connectivity index (χ0) is 18.1. The molecule has 0 saturated carbocycles. The van der Waals surface area contributed by atoms with Gasteiger partial charge in [0.1, 0.15) is 10.8 Å². The molecule has 4 nitrogen and oxygen atoms in total. The smallest absolute Gasteiger partial charge is 0.238 e. The number of thiazole rings is 1. The van der Waals surface area contributed by atoms with Gasteiger partial charge < -0.3 is 5.32 Å². The van der Waals surface area contributed by atoms with Crippen molar-refractivity contribution in [2.24, 2.45) is 0 Å². The van der Waals surface area contributed by atoms with E-state index in [-0.39, 0.29) is 24.2 Å². The van der Waals surface area contributed by atoms with Crippen LogP contribution in [0.5, 0.6) is 0 Å². The number of hydrogen-bond donors (Lipinski definition) is 1. The maximum atomic E-state index is 13.9. The van der Waals surface area contributed by atoms with Crippen molar-refractivity contribution in [2.45, 2.75) is 18.9 Å². The van der Waals surface area contributed by atoms with Crippen LogP contribution in [0.1, 0.15) is 23.9 Å². The maximum Gasteiger partial charge on any atom is 0.238 e. The number of carbonyl (C=O) groups is 1. The summed E-state index contributed by atoms with van der Waals surface area (Å²) in [6.45, 7) is 1.04.